The molecular formula is C19H18N2O3S. The molecule has 2 aromatic carbocycles. The van der Waals surface area contributed by atoms with Gasteiger partial charge >= 0.3 is 0 Å². The number of nitrogens with zero attached hydrogens (tertiary/aromatic N) is 1. The van der Waals surface area contributed by atoms with E-state index in [1.165, 1.54) is 24.9 Å². The van der Waals surface area contributed by atoms with E-state index in [9.17, 15) is 9.90 Å². The molecule has 1 aliphatic heterocycles. The van der Waals surface area contributed by atoms with Crippen LogP contribution in [0, 0.1) is 13.8 Å². The molecule has 1 saturated heterocycles. The van der Waals surface area contributed by atoms with Crippen LogP contribution >= 0.6 is 11.8 Å². The molecule has 0 radical (unpaired) electrons. The van der Waals surface area contributed by atoms with Gasteiger partial charge in [-0.2, -0.15) is 0 Å². The van der Waals surface area contributed by atoms with Crippen molar-refractivity contribution in [2.75, 3.05) is 7.11 Å². The number of carbonyl (C=O) groups excluding carboxylic acids is 1. The molecule has 0 atom stereocenters. The molecule has 1 fully saturated rings. The first-order chi connectivity index (χ1) is 12.0. The van der Waals surface area contributed by atoms with Gasteiger partial charge in [0.2, 0.25) is 0 Å². The van der Waals surface area contributed by atoms with E-state index in [4.69, 9.17) is 4.74 Å². The lowest BCUT2D eigenvalue weighted by atomic mass is 10.1. The predicted molar refractivity (Wildman–Crippen MR) is 101 cm³/mol. The van der Waals surface area contributed by atoms with Gasteiger partial charge in [0.1, 0.15) is 0 Å². The van der Waals surface area contributed by atoms with E-state index in [0.29, 0.717) is 15.8 Å². The smallest absolute Gasteiger partial charge is 0.264 e. The molecule has 1 aliphatic rings. The van der Waals surface area contributed by atoms with Crippen LogP contribution in [-0.2, 0) is 4.79 Å². The Balaban J connectivity index is 1.87. The van der Waals surface area contributed by atoms with Crippen molar-refractivity contribution < 1.29 is 14.6 Å². The van der Waals surface area contributed by atoms with Crippen molar-refractivity contribution >= 4 is 34.6 Å². The van der Waals surface area contributed by atoms with Crippen molar-refractivity contribution in [2.24, 2.45) is 4.99 Å². The van der Waals surface area contributed by atoms with Gasteiger partial charge < -0.3 is 15.2 Å². The van der Waals surface area contributed by atoms with E-state index < -0.39 is 0 Å². The summed E-state index contributed by atoms with van der Waals surface area (Å²) in [6, 6.07) is 10.8. The lowest BCUT2D eigenvalue weighted by molar-refractivity contribution is -0.115. The highest BCUT2D eigenvalue weighted by molar-refractivity contribution is 8.18. The molecule has 0 saturated carbocycles. The van der Waals surface area contributed by atoms with Crippen LogP contribution in [0.2, 0.25) is 0 Å². The Morgan fingerprint density at radius 2 is 2.04 bits per heavy atom. The fourth-order valence-electron chi connectivity index (χ4n) is 2.38. The Morgan fingerprint density at radius 3 is 2.80 bits per heavy atom. The Hall–Kier alpha value is -2.73. The molecule has 25 heavy (non-hydrogen) atoms. The highest BCUT2D eigenvalue weighted by atomic mass is 32.2. The first-order valence-corrected chi connectivity index (χ1v) is 8.52. The van der Waals surface area contributed by atoms with E-state index in [0.717, 1.165) is 22.4 Å². The highest BCUT2D eigenvalue weighted by Crippen LogP contribution is 2.32. The Labute approximate surface area is 150 Å². The maximum atomic E-state index is 12.2. The molecule has 2 N–H and O–H groups in total. The zero-order valence-corrected chi connectivity index (χ0v) is 15.0. The molecular weight excluding hydrogens is 336 g/mol. The van der Waals surface area contributed by atoms with Gasteiger partial charge in [-0.25, -0.2) is 4.99 Å². The number of amidine groups is 1. The second kappa shape index (κ2) is 7.03. The minimum Gasteiger partial charge on any atom is -0.504 e. The minimum atomic E-state index is -0.193. The van der Waals surface area contributed by atoms with E-state index in [1.54, 1.807) is 18.2 Å². The summed E-state index contributed by atoms with van der Waals surface area (Å²) in [4.78, 5) is 17.3. The molecule has 0 bridgehead atoms. The van der Waals surface area contributed by atoms with E-state index in [2.05, 4.69) is 10.3 Å². The average molecular weight is 354 g/mol. The van der Waals surface area contributed by atoms with Gasteiger partial charge in [-0.3, -0.25) is 4.79 Å². The molecule has 0 aliphatic carbocycles. The fourth-order valence-corrected chi connectivity index (χ4v) is 3.22. The minimum absolute atomic E-state index is 0.0605. The van der Waals surface area contributed by atoms with Crippen molar-refractivity contribution in [3.8, 4) is 11.5 Å². The second-order valence-corrected chi connectivity index (χ2v) is 6.66. The van der Waals surface area contributed by atoms with Crippen molar-refractivity contribution in [1.82, 2.24) is 5.32 Å². The van der Waals surface area contributed by atoms with Crippen LogP contribution in [-0.4, -0.2) is 23.3 Å². The molecule has 0 spiro atoms. The van der Waals surface area contributed by atoms with Gasteiger partial charge in [0.15, 0.2) is 16.7 Å². The van der Waals surface area contributed by atoms with Crippen LogP contribution in [0.4, 0.5) is 5.69 Å². The van der Waals surface area contributed by atoms with Crippen LogP contribution < -0.4 is 10.1 Å². The van der Waals surface area contributed by atoms with Gasteiger partial charge in [0.25, 0.3) is 5.91 Å². The third kappa shape index (κ3) is 3.69. The summed E-state index contributed by atoms with van der Waals surface area (Å²) in [6.07, 6.45) is 1.74. The SMILES string of the molecule is COc1cc(/C=C2\SC(=Nc3cccc(C)c3C)NC2=O)ccc1O. The number of phenols is 1. The number of aromatic hydroxyl groups is 1. The van der Waals surface area contributed by atoms with Gasteiger partial charge in [-0.15, -0.1) is 0 Å². The molecule has 6 heteroatoms. The topological polar surface area (TPSA) is 70.9 Å². The zero-order chi connectivity index (χ0) is 18.0. The number of carbonyl (C=O) groups is 1. The molecule has 0 aromatic heterocycles. The highest BCUT2D eigenvalue weighted by Gasteiger charge is 2.24. The quantitative estimate of drug-likeness (QED) is 0.820. The Bertz CT molecular complexity index is 904. The van der Waals surface area contributed by atoms with Gasteiger partial charge in [-0.05, 0) is 66.6 Å². The molecule has 3 rings (SSSR count). The van der Waals surface area contributed by atoms with Gasteiger partial charge in [0, 0.05) is 0 Å². The molecule has 5 nitrogen and oxygen atoms in total. The van der Waals surface area contributed by atoms with Crippen LogP contribution in [0.5, 0.6) is 11.5 Å². The molecule has 1 amide bonds. The van der Waals surface area contributed by atoms with Crippen molar-refractivity contribution in [1.29, 1.82) is 0 Å². The summed E-state index contributed by atoms with van der Waals surface area (Å²) >= 11 is 1.29. The number of aliphatic imine (C=N–C) groups is 1. The van der Waals surface area contributed by atoms with Gasteiger partial charge in [-0.1, -0.05) is 18.2 Å². The van der Waals surface area contributed by atoms with Crippen LogP contribution in [0.25, 0.3) is 6.08 Å². The number of aryl methyl sites for hydroxylation is 1. The molecule has 2 aromatic rings. The van der Waals surface area contributed by atoms with Crippen molar-refractivity contribution in [2.45, 2.75) is 13.8 Å². The predicted octanol–water partition coefficient (Wildman–Crippen LogP) is 3.91. The van der Waals surface area contributed by atoms with E-state index in [-0.39, 0.29) is 11.7 Å². The summed E-state index contributed by atoms with van der Waals surface area (Å²) < 4.78 is 5.09. The van der Waals surface area contributed by atoms with Crippen LogP contribution in [0.15, 0.2) is 46.3 Å². The van der Waals surface area contributed by atoms with Crippen LogP contribution in [0.3, 0.4) is 0 Å². The van der Waals surface area contributed by atoms with Crippen molar-refractivity contribution in [3.63, 3.8) is 0 Å². The maximum Gasteiger partial charge on any atom is 0.264 e. The average Bonchev–Trinajstić information content (AvgIpc) is 2.93. The third-order valence-corrected chi connectivity index (χ3v) is 4.86. The number of nitrogens with one attached hydrogen (secondary N) is 1. The number of ether oxygens (including phenoxy) is 1. The zero-order valence-electron chi connectivity index (χ0n) is 14.2. The fraction of sp³-hybridized carbons (Fsp3) is 0.158. The number of rotatable bonds is 3. The number of amides is 1. The second-order valence-electron chi connectivity index (χ2n) is 5.63. The standard InChI is InChI=1S/C19H18N2O3S/c1-11-5-4-6-14(12(11)2)20-19-21-18(23)17(25-19)10-13-7-8-15(22)16(9-13)24-3/h4-10,22H,1-3H3,(H,20,21,23)/b17-10-. The maximum absolute atomic E-state index is 12.2. The lowest BCUT2D eigenvalue weighted by Crippen LogP contribution is -2.19. The number of hydrogen-bond acceptors (Lipinski definition) is 5. The number of phenolic OH excluding ortho intramolecular Hbond substituents is 1. The summed E-state index contributed by atoms with van der Waals surface area (Å²) in [5, 5.41) is 13.0. The van der Waals surface area contributed by atoms with Crippen molar-refractivity contribution in [3.05, 3.63) is 58.0 Å². The Kier molecular flexibility index (Phi) is 4.81. The lowest BCUT2D eigenvalue weighted by Gasteiger charge is -2.04. The normalized spacial score (nSPS) is 17.2. The summed E-state index contributed by atoms with van der Waals surface area (Å²) in [6.45, 7) is 4.04. The van der Waals surface area contributed by atoms with E-state index >= 15 is 0 Å². The number of methoxy groups -OCH3 is 1. The van der Waals surface area contributed by atoms with Gasteiger partial charge in [0.05, 0.1) is 17.7 Å². The first kappa shape index (κ1) is 17.1. The molecule has 128 valence electrons. The molecule has 0 unspecified atom stereocenters. The summed E-state index contributed by atoms with van der Waals surface area (Å²) in [5.41, 5.74) is 3.85. The van der Waals surface area contributed by atoms with Crippen LogP contribution in [0.1, 0.15) is 16.7 Å². The number of thioether (sulfide) groups is 1. The number of hydrogen-bond donors (Lipinski definition) is 2. The summed E-state index contributed by atoms with van der Waals surface area (Å²) in [7, 11) is 1.48. The Morgan fingerprint density at radius 1 is 1.24 bits per heavy atom. The molecule has 1 heterocycles. The monoisotopic (exact) mass is 354 g/mol. The largest absolute Gasteiger partial charge is 0.504 e. The number of benzene rings is 2. The van der Waals surface area contributed by atoms with E-state index in [1.807, 2.05) is 32.0 Å². The summed E-state index contributed by atoms with van der Waals surface area (Å²) in [5.74, 6) is 0.230. The third-order valence-electron chi connectivity index (χ3n) is 3.95. The first-order valence-electron chi connectivity index (χ1n) is 7.70.